The predicted octanol–water partition coefficient (Wildman–Crippen LogP) is 17.8. The largest absolute Gasteiger partial charge is 0.465 e. The Balaban J connectivity index is 4.97. The van der Waals surface area contributed by atoms with Crippen molar-refractivity contribution >= 4 is 17.8 Å². The van der Waals surface area contributed by atoms with E-state index in [1.807, 2.05) is 0 Å². The Morgan fingerprint density at radius 3 is 1.13 bits per heavy atom. The van der Waals surface area contributed by atoms with Crippen molar-refractivity contribution in [2.45, 2.75) is 311 Å². The number of carbonyl (C=O) groups excluding carboxylic acids is 3. The lowest BCUT2D eigenvalue weighted by molar-refractivity contribution is -0.146. The fourth-order valence-corrected chi connectivity index (χ4v) is 10.00. The highest BCUT2D eigenvalue weighted by molar-refractivity contribution is 5.79. The molecule has 7 heteroatoms. The van der Waals surface area contributed by atoms with Gasteiger partial charge in [-0.1, -0.05) is 221 Å². The van der Waals surface area contributed by atoms with Crippen LogP contribution in [0, 0.1) is 17.8 Å². The van der Waals surface area contributed by atoms with E-state index in [-0.39, 0.29) is 17.9 Å². The Morgan fingerprint density at radius 1 is 0.373 bits per heavy atom. The number of hydrogen-bond acceptors (Lipinski definition) is 6. The average molecular weight is 948 g/mol. The fourth-order valence-electron chi connectivity index (χ4n) is 10.00. The summed E-state index contributed by atoms with van der Waals surface area (Å²) < 4.78 is 11.6. The summed E-state index contributed by atoms with van der Waals surface area (Å²) in [6.45, 7) is 16.6. The van der Waals surface area contributed by atoms with Gasteiger partial charge in [0.25, 0.3) is 0 Å². The van der Waals surface area contributed by atoms with Crippen LogP contribution < -0.4 is 0 Å². The molecule has 67 heavy (non-hydrogen) atoms. The summed E-state index contributed by atoms with van der Waals surface area (Å²) in [6.07, 6.45) is 47.3. The molecule has 0 N–H and O–H groups in total. The monoisotopic (exact) mass is 947 g/mol. The second-order valence-electron chi connectivity index (χ2n) is 21.4. The molecule has 398 valence electrons. The van der Waals surface area contributed by atoms with E-state index in [4.69, 9.17) is 9.47 Å². The molecule has 0 saturated heterocycles. The Bertz CT molecular complexity index is 1080. The summed E-state index contributed by atoms with van der Waals surface area (Å²) in [6, 6.07) is 0.326. The van der Waals surface area contributed by atoms with Gasteiger partial charge < -0.3 is 19.3 Å². The van der Waals surface area contributed by atoms with Gasteiger partial charge in [0.1, 0.15) is 0 Å². The number of unbranched alkanes of at least 4 members (excludes halogenated alkanes) is 23. The number of rotatable bonds is 52. The van der Waals surface area contributed by atoms with Crippen LogP contribution in [0.2, 0.25) is 0 Å². The van der Waals surface area contributed by atoms with Crippen LogP contribution in [-0.4, -0.2) is 74.1 Å². The number of carbonyl (C=O) groups is 3. The lowest BCUT2D eigenvalue weighted by Gasteiger charge is -2.35. The molecule has 0 saturated carbocycles. The molecule has 7 nitrogen and oxygen atoms in total. The van der Waals surface area contributed by atoms with Crippen molar-refractivity contribution < 1.29 is 23.9 Å². The fraction of sp³-hybridized carbons (Fsp3) is 0.950. The van der Waals surface area contributed by atoms with Crippen LogP contribution in [0.25, 0.3) is 0 Å². The maximum absolute atomic E-state index is 14.4. The highest BCUT2D eigenvalue weighted by atomic mass is 16.5. The Kier molecular flexibility index (Phi) is 48.2. The molecule has 0 fully saturated rings. The third-order valence-electron chi connectivity index (χ3n) is 14.6. The van der Waals surface area contributed by atoms with Crippen molar-refractivity contribution in [1.29, 1.82) is 0 Å². The van der Waals surface area contributed by atoms with E-state index in [2.05, 4.69) is 65.4 Å². The molecule has 3 unspecified atom stereocenters. The molecule has 0 aliphatic carbocycles. The Labute approximate surface area is 419 Å². The molecule has 0 aliphatic rings. The Morgan fingerprint density at radius 2 is 0.716 bits per heavy atom. The smallest absolute Gasteiger partial charge is 0.305 e. The van der Waals surface area contributed by atoms with E-state index < -0.39 is 0 Å². The first-order valence-electron chi connectivity index (χ1n) is 29.9. The van der Waals surface area contributed by atoms with Crippen molar-refractivity contribution in [3.8, 4) is 0 Å². The zero-order chi connectivity index (χ0) is 49.4. The molecule has 0 aliphatic heterocycles. The van der Waals surface area contributed by atoms with Crippen molar-refractivity contribution in [2.75, 3.05) is 40.4 Å². The zero-order valence-electron chi connectivity index (χ0n) is 46.6. The molecule has 0 bridgehead atoms. The molecule has 0 aromatic heterocycles. The quantitative estimate of drug-likeness (QED) is 0.0447. The van der Waals surface area contributed by atoms with Crippen molar-refractivity contribution in [2.24, 2.45) is 17.8 Å². The van der Waals surface area contributed by atoms with Crippen molar-refractivity contribution in [1.82, 2.24) is 9.80 Å². The first-order chi connectivity index (χ1) is 32.7. The highest BCUT2D eigenvalue weighted by Gasteiger charge is 2.28. The van der Waals surface area contributed by atoms with E-state index in [9.17, 15) is 14.4 Å². The molecule has 0 spiro atoms. The Hall–Kier alpha value is -1.63. The molecule has 4 atom stereocenters. The van der Waals surface area contributed by atoms with E-state index in [0.717, 1.165) is 77.3 Å². The lowest BCUT2D eigenvalue weighted by Crippen LogP contribution is -2.45. The first-order valence-corrected chi connectivity index (χ1v) is 29.9. The van der Waals surface area contributed by atoms with Crippen molar-refractivity contribution in [3.05, 3.63) is 0 Å². The number of nitrogens with zero attached hydrogens (tertiary/aromatic N) is 2. The van der Waals surface area contributed by atoms with Crippen LogP contribution in [0.5, 0.6) is 0 Å². The summed E-state index contributed by atoms with van der Waals surface area (Å²) >= 11 is 0. The van der Waals surface area contributed by atoms with E-state index in [0.29, 0.717) is 49.8 Å². The number of esters is 2. The van der Waals surface area contributed by atoms with Crippen LogP contribution in [0.1, 0.15) is 305 Å². The highest BCUT2D eigenvalue weighted by Crippen LogP contribution is 2.26. The minimum Gasteiger partial charge on any atom is -0.465 e. The molecular weight excluding hydrogens is 829 g/mol. The van der Waals surface area contributed by atoms with Crippen LogP contribution in [0.4, 0.5) is 0 Å². The summed E-state index contributed by atoms with van der Waals surface area (Å²) in [7, 11) is 4.28. The lowest BCUT2D eigenvalue weighted by atomic mass is 9.93. The van der Waals surface area contributed by atoms with E-state index in [1.165, 1.54) is 186 Å². The summed E-state index contributed by atoms with van der Waals surface area (Å²) in [5.74, 6) is 1.62. The molecule has 1 amide bonds. The van der Waals surface area contributed by atoms with E-state index in [1.54, 1.807) is 0 Å². The minimum absolute atomic E-state index is 0.000141. The van der Waals surface area contributed by atoms with Crippen LogP contribution in [0.15, 0.2) is 0 Å². The van der Waals surface area contributed by atoms with Crippen LogP contribution >= 0.6 is 0 Å². The first kappa shape index (κ1) is 65.4. The van der Waals surface area contributed by atoms with Gasteiger partial charge >= 0.3 is 11.9 Å². The van der Waals surface area contributed by atoms with Gasteiger partial charge in [-0.15, -0.1) is 0 Å². The molecule has 0 rings (SSSR count). The molecule has 0 aromatic rings. The van der Waals surface area contributed by atoms with Gasteiger partial charge in [0, 0.05) is 31.3 Å². The normalized spacial score (nSPS) is 13.4. The standard InChI is InChI=1S/C60H118N2O5/c1-9-15-20-28-35-44-55(42-19-13-5)53-67-59(64)49-39-32-27-23-25-30-37-47-57(62(51-40-50-61(7)8)60(65)56(14-6)45-33-17-11-3)46-36-29-24-22-26-31-38-48-58(63)66-52-54(41-18-12-4)43-34-21-16-10-2/h54-57H,9-53H2,1-8H3/t54?,55-,56?,57?/m0/s1. The average Bonchev–Trinajstić information content (AvgIpc) is 3.32. The third-order valence-corrected chi connectivity index (χ3v) is 14.6. The van der Waals surface area contributed by atoms with Crippen LogP contribution in [-0.2, 0) is 23.9 Å². The molecule has 0 radical (unpaired) electrons. The van der Waals surface area contributed by atoms with Gasteiger partial charge in [-0.2, -0.15) is 0 Å². The second kappa shape index (κ2) is 49.4. The molecular formula is C60H118N2O5. The van der Waals surface area contributed by atoms with Gasteiger partial charge in [0.15, 0.2) is 0 Å². The molecule has 0 heterocycles. The zero-order valence-corrected chi connectivity index (χ0v) is 46.6. The van der Waals surface area contributed by atoms with Crippen LogP contribution in [0.3, 0.4) is 0 Å². The van der Waals surface area contributed by atoms with E-state index >= 15 is 0 Å². The predicted molar refractivity (Wildman–Crippen MR) is 290 cm³/mol. The van der Waals surface area contributed by atoms with Gasteiger partial charge in [-0.3, -0.25) is 14.4 Å². The van der Waals surface area contributed by atoms with Gasteiger partial charge in [-0.05, 0) is 103 Å². The van der Waals surface area contributed by atoms with Gasteiger partial charge in [0.2, 0.25) is 5.91 Å². The minimum atomic E-state index is 0.000141. The second-order valence-corrected chi connectivity index (χ2v) is 21.4. The number of amides is 1. The summed E-state index contributed by atoms with van der Waals surface area (Å²) in [5, 5.41) is 0. The van der Waals surface area contributed by atoms with Crippen molar-refractivity contribution in [3.63, 3.8) is 0 Å². The third kappa shape index (κ3) is 40.8. The summed E-state index contributed by atoms with van der Waals surface area (Å²) in [4.78, 5) is 44.2. The summed E-state index contributed by atoms with van der Waals surface area (Å²) in [5.41, 5.74) is 0. The topological polar surface area (TPSA) is 76.2 Å². The van der Waals surface area contributed by atoms with Gasteiger partial charge in [-0.25, -0.2) is 0 Å². The maximum atomic E-state index is 14.4. The SMILES string of the molecule is CCCCCCC[C@H](CCCC)COC(=O)CCCCCCCCCC(CCCCCCCCCC(=O)OCC(CCCC)CCCCCC)N(CCCN(C)C)C(=O)C(CC)CCCCC. The number of hydrogen-bond donors (Lipinski definition) is 0. The number of ether oxygens (including phenoxy) is 2. The molecule has 0 aromatic carbocycles. The van der Waals surface area contributed by atoms with Gasteiger partial charge in [0.05, 0.1) is 13.2 Å². The maximum Gasteiger partial charge on any atom is 0.305 e.